The minimum absolute atomic E-state index is 0.0987. The van der Waals surface area contributed by atoms with Gasteiger partial charge in [0.2, 0.25) is 0 Å². The summed E-state index contributed by atoms with van der Waals surface area (Å²) < 4.78 is 0. The van der Waals surface area contributed by atoms with Crippen LogP contribution in [0.15, 0.2) is 24.3 Å². The van der Waals surface area contributed by atoms with Gasteiger partial charge < -0.3 is 16.2 Å². The van der Waals surface area contributed by atoms with Crippen LogP contribution in [0.4, 0.5) is 11.4 Å². The Hall–Kier alpha value is -1.81. The van der Waals surface area contributed by atoms with E-state index < -0.39 is 0 Å². The molecule has 1 aliphatic rings. The van der Waals surface area contributed by atoms with Gasteiger partial charge >= 0.3 is 0 Å². The van der Waals surface area contributed by atoms with Gasteiger partial charge in [-0.1, -0.05) is 0 Å². The van der Waals surface area contributed by atoms with Gasteiger partial charge in [-0.3, -0.25) is 4.98 Å². The van der Waals surface area contributed by atoms with Gasteiger partial charge in [0.05, 0.1) is 11.6 Å². The van der Waals surface area contributed by atoms with Crippen LogP contribution >= 0.6 is 0 Å². The molecule has 4 nitrogen and oxygen atoms in total. The number of rotatable bonds is 3. The number of aromatic nitrogens is 1. The highest BCUT2D eigenvalue weighted by Gasteiger charge is 2.26. The van der Waals surface area contributed by atoms with E-state index in [0.29, 0.717) is 5.92 Å². The van der Waals surface area contributed by atoms with Crippen LogP contribution in [0.1, 0.15) is 18.5 Å². The molecule has 100 valence electrons. The summed E-state index contributed by atoms with van der Waals surface area (Å²) in [5.74, 6) is 0.569. The van der Waals surface area contributed by atoms with Crippen LogP contribution in [0.3, 0.4) is 0 Å². The van der Waals surface area contributed by atoms with Crippen LogP contribution in [0.2, 0.25) is 0 Å². The van der Waals surface area contributed by atoms with Gasteiger partial charge in [0.25, 0.3) is 0 Å². The number of nitrogens with zero attached hydrogens (tertiary/aromatic N) is 1. The second kappa shape index (κ2) is 4.70. The average molecular weight is 257 g/mol. The van der Waals surface area contributed by atoms with Gasteiger partial charge in [-0.15, -0.1) is 0 Å². The summed E-state index contributed by atoms with van der Waals surface area (Å²) in [6, 6.07) is 7.84. The molecular weight excluding hydrogens is 238 g/mol. The number of nitrogens with two attached hydrogens (primary N) is 1. The minimum Gasteiger partial charge on any atom is -0.399 e. The lowest BCUT2D eigenvalue weighted by molar-refractivity contribution is 0.0487. The summed E-state index contributed by atoms with van der Waals surface area (Å²) in [7, 11) is 0. The molecule has 19 heavy (non-hydrogen) atoms. The van der Waals surface area contributed by atoms with E-state index in [1.807, 2.05) is 25.1 Å². The summed E-state index contributed by atoms with van der Waals surface area (Å²) in [6.45, 7) is 2.89. The zero-order chi connectivity index (χ0) is 13.4. The number of nitrogens with one attached hydrogen (secondary N) is 1. The Morgan fingerprint density at radius 2 is 2.16 bits per heavy atom. The minimum atomic E-state index is -0.0987. The predicted molar refractivity (Wildman–Crippen MR) is 78.1 cm³/mol. The Bertz CT molecular complexity index is 606. The lowest BCUT2D eigenvalue weighted by Crippen LogP contribution is -2.33. The molecule has 2 aromatic rings. The number of aliphatic hydroxyl groups is 1. The monoisotopic (exact) mass is 257 g/mol. The molecule has 1 aliphatic carbocycles. The van der Waals surface area contributed by atoms with E-state index in [1.54, 1.807) is 0 Å². The number of aliphatic hydroxyl groups excluding tert-OH is 1. The number of pyridine rings is 1. The Balaban J connectivity index is 1.86. The third-order valence-electron chi connectivity index (χ3n) is 3.75. The average Bonchev–Trinajstić information content (AvgIpc) is 2.33. The molecule has 0 aliphatic heterocycles. The molecule has 0 saturated heterocycles. The molecule has 4 N–H and O–H groups in total. The first-order valence-corrected chi connectivity index (χ1v) is 6.70. The molecule has 1 aromatic carbocycles. The van der Waals surface area contributed by atoms with Crippen molar-refractivity contribution in [2.75, 3.05) is 17.6 Å². The van der Waals surface area contributed by atoms with Gasteiger partial charge in [0.1, 0.15) is 0 Å². The van der Waals surface area contributed by atoms with Crippen molar-refractivity contribution in [3.05, 3.63) is 30.0 Å². The van der Waals surface area contributed by atoms with Crippen molar-refractivity contribution in [2.45, 2.75) is 25.9 Å². The molecule has 1 fully saturated rings. The molecule has 1 saturated carbocycles. The van der Waals surface area contributed by atoms with Crippen molar-refractivity contribution >= 4 is 22.3 Å². The highest BCUT2D eigenvalue weighted by molar-refractivity contribution is 5.93. The maximum absolute atomic E-state index is 9.31. The highest BCUT2D eigenvalue weighted by atomic mass is 16.3. The van der Waals surface area contributed by atoms with Crippen molar-refractivity contribution in [3.63, 3.8) is 0 Å². The fourth-order valence-corrected chi connectivity index (χ4v) is 2.64. The molecule has 1 heterocycles. The second-order valence-corrected chi connectivity index (χ2v) is 5.46. The Morgan fingerprint density at radius 3 is 2.89 bits per heavy atom. The van der Waals surface area contributed by atoms with E-state index in [4.69, 9.17) is 5.73 Å². The molecule has 0 spiro atoms. The first kappa shape index (κ1) is 12.2. The Morgan fingerprint density at radius 1 is 1.37 bits per heavy atom. The van der Waals surface area contributed by atoms with E-state index in [9.17, 15) is 5.11 Å². The number of nitrogen functional groups attached to an aromatic ring is 1. The highest BCUT2D eigenvalue weighted by Crippen LogP contribution is 2.29. The number of aryl methyl sites for hydroxylation is 1. The van der Waals surface area contributed by atoms with Crippen molar-refractivity contribution in [3.8, 4) is 0 Å². The largest absolute Gasteiger partial charge is 0.399 e. The van der Waals surface area contributed by atoms with Crippen molar-refractivity contribution in [2.24, 2.45) is 5.92 Å². The molecule has 1 aromatic heterocycles. The zero-order valence-corrected chi connectivity index (χ0v) is 11.1. The van der Waals surface area contributed by atoms with Gasteiger partial charge in [-0.2, -0.15) is 0 Å². The fourth-order valence-electron chi connectivity index (χ4n) is 2.64. The molecule has 0 radical (unpaired) electrons. The first-order valence-electron chi connectivity index (χ1n) is 6.70. The van der Waals surface area contributed by atoms with Crippen molar-refractivity contribution in [1.82, 2.24) is 4.98 Å². The standard InChI is InChI=1S/C15H19N3O/c1-9-4-15(17-8-10-5-12(19)6-10)13-7-11(16)2-3-14(13)18-9/h2-4,7,10,12,19H,5-6,8,16H2,1H3,(H,17,18). The quantitative estimate of drug-likeness (QED) is 0.738. The number of anilines is 2. The van der Waals surface area contributed by atoms with Crippen LogP contribution in [0, 0.1) is 12.8 Å². The maximum atomic E-state index is 9.31. The predicted octanol–water partition coefficient (Wildman–Crippen LogP) is 2.31. The van der Waals surface area contributed by atoms with Gasteiger partial charge in [0.15, 0.2) is 0 Å². The Labute approximate surface area is 112 Å². The number of fused-ring (bicyclic) bond motifs is 1. The lowest BCUT2D eigenvalue weighted by atomic mass is 9.82. The van der Waals surface area contributed by atoms with Gasteiger partial charge in [-0.25, -0.2) is 0 Å². The molecule has 0 amide bonds. The molecule has 0 bridgehead atoms. The molecule has 0 unspecified atom stereocenters. The summed E-state index contributed by atoms with van der Waals surface area (Å²) in [4.78, 5) is 4.52. The van der Waals surface area contributed by atoms with E-state index in [-0.39, 0.29) is 6.10 Å². The van der Waals surface area contributed by atoms with E-state index >= 15 is 0 Å². The lowest BCUT2D eigenvalue weighted by Gasteiger charge is -2.31. The molecule has 3 rings (SSSR count). The van der Waals surface area contributed by atoms with E-state index in [0.717, 1.165) is 47.4 Å². The van der Waals surface area contributed by atoms with Crippen LogP contribution in [0.25, 0.3) is 10.9 Å². The second-order valence-electron chi connectivity index (χ2n) is 5.46. The SMILES string of the molecule is Cc1cc(NCC2CC(O)C2)c2cc(N)ccc2n1. The smallest absolute Gasteiger partial charge is 0.0727 e. The van der Waals surface area contributed by atoms with E-state index in [1.165, 1.54) is 0 Å². The van der Waals surface area contributed by atoms with Crippen LogP contribution in [-0.2, 0) is 0 Å². The number of benzene rings is 1. The fraction of sp³-hybridized carbons (Fsp3) is 0.400. The van der Waals surface area contributed by atoms with Crippen LogP contribution in [0.5, 0.6) is 0 Å². The third-order valence-corrected chi connectivity index (χ3v) is 3.75. The van der Waals surface area contributed by atoms with Crippen LogP contribution < -0.4 is 11.1 Å². The summed E-state index contributed by atoms with van der Waals surface area (Å²) >= 11 is 0. The van der Waals surface area contributed by atoms with Gasteiger partial charge in [0, 0.05) is 29.0 Å². The van der Waals surface area contributed by atoms with E-state index in [2.05, 4.69) is 16.4 Å². The first-order chi connectivity index (χ1) is 9.11. The van der Waals surface area contributed by atoms with Crippen molar-refractivity contribution < 1.29 is 5.11 Å². The molecular formula is C15H19N3O. The topological polar surface area (TPSA) is 71.2 Å². The normalized spacial score (nSPS) is 22.2. The third kappa shape index (κ3) is 2.49. The summed E-state index contributed by atoms with van der Waals surface area (Å²) in [6.07, 6.45) is 1.70. The maximum Gasteiger partial charge on any atom is 0.0727 e. The Kier molecular flexibility index (Phi) is 3.03. The van der Waals surface area contributed by atoms with Crippen LogP contribution in [-0.4, -0.2) is 22.7 Å². The number of hydrogen-bond donors (Lipinski definition) is 3. The summed E-state index contributed by atoms with van der Waals surface area (Å²) in [5.41, 5.74) is 9.64. The molecule has 4 heteroatoms. The summed E-state index contributed by atoms with van der Waals surface area (Å²) in [5, 5.41) is 13.8. The zero-order valence-electron chi connectivity index (χ0n) is 11.1. The molecule has 0 atom stereocenters. The number of hydrogen-bond acceptors (Lipinski definition) is 4. The van der Waals surface area contributed by atoms with Crippen molar-refractivity contribution in [1.29, 1.82) is 0 Å². The van der Waals surface area contributed by atoms with Gasteiger partial charge in [-0.05, 0) is 49.9 Å².